The molecule has 0 bridgehead atoms. The van der Waals surface area contributed by atoms with E-state index in [2.05, 4.69) is 5.32 Å². The summed E-state index contributed by atoms with van der Waals surface area (Å²) in [5.41, 5.74) is 0.0506. The summed E-state index contributed by atoms with van der Waals surface area (Å²) in [5.74, 6) is -0.310. The zero-order chi connectivity index (χ0) is 20.8. The van der Waals surface area contributed by atoms with Crippen LogP contribution in [0.25, 0.3) is 21.7 Å². The molecule has 158 valence electrons. The second kappa shape index (κ2) is 9.92. The van der Waals surface area contributed by atoms with Crippen LogP contribution < -0.4 is 10.9 Å². The Hall–Kier alpha value is -2.62. The van der Waals surface area contributed by atoms with Gasteiger partial charge in [0, 0.05) is 11.4 Å². The average Bonchev–Trinajstić information content (AvgIpc) is 2.75. The Balaban J connectivity index is 1.55. The largest absolute Gasteiger partial charge is 0.422 e. The van der Waals surface area contributed by atoms with E-state index in [9.17, 15) is 9.59 Å². The predicted molar refractivity (Wildman–Crippen MR) is 122 cm³/mol. The Labute approximate surface area is 177 Å². The molecule has 1 heterocycles. The molecule has 2 aromatic carbocycles. The molecule has 4 nitrogen and oxygen atoms in total. The number of hydrogen-bond acceptors (Lipinski definition) is 3. The number of nitrogens with one attached hydrogen (secondary N) is 1. The van der Waals surface area contributed by atoms with E-state index in [1.165, 1.54) is 44.9 Å². The Morgan fingerprint density at radius 1 is 0.800 bits per heavy atom. The highest BCUT2D eigenvalue weighted by molar-refractivity contribution is 6.07. The van der Waals surface area contributed by atoms with Crippen LogP contribution in [0.15, 0.2) is 51.7 Å². The van der Waals surface area contributed by atoms with E-state index >= 15 is 0 Å². The van der Waals surface area contributed by atoms with Gasteiger partial charge >= 0.3 is 5.63 Å². The van der Waals surface area contributed by atoms with Gasteiger partial charge in [0.15, 0.2) is 0 Å². The molecular weight excluding hydrogens is 374 g/mol. The summed E-state index contributed by atoms with van der Waals surface area (Å²) in [6, 6.07) is 13.5. The first-order valence-electron chi connectivity index (χ1n) is 11.5. The van der Waals surface area contributed by atoms with Gasteiger partial charge in [-0.3, -0.25) is 4.79 Å². The molecule has 3 aromatic rings. The average molecular weight is 406 g/mol. The van der Waals surface area contributed by atoms with Gasteiger partial charge in [-0.2, -0.15) is 0 Å². The molecule has 1 aliphatic carbocycles. The quantitative estimate of drug-likeness (QED) is 0.399. The van der Waals surface area contributed by atoms with E-state index in [4.69, 9.17) is 4.42 Å². The van der Waals surface area contributed by atoms with E-state index in [0.717, 1.165) is 41.8 Å². The van der Waals surface area contributed by atoms with Gasteiger partial charge in [0.25, 0.3) is 5.91 Å². The van der Waals surface area contributed by atoms with Crippen molar-refractivity contribution in [3.05, 3.63) is 58.4 Å². The van der Waals surface area contributed by atoms with Crippen molar-refractivity contribution in [3.63, 3.8) is 0 Å². The zero-order valence-electron chi connectivity index (χ0n) is 17.6. The van der Waals surface area contributed by atoms with Crippen molar-refractivity contribution in [1.29, 1.82) is 0 Å². The van der Waals surface area contributed by atoms with Crippen LogP contribution >= 0.6 is 0 Å². The number of benzene rings is 2. The van der Waals surface area contributed by atoms with Crippen molar-refractivity contribution in [2.24, 2.45) is 0 Å². The maximum absolute atomic E-state index is 13.0. The lowest BCUT2D eigenvalue weighted by Crippen LogP contribution is -2.37. The third-order valence-corrected chi connectivity index (χ3v) is 6.33. The third kappa shape index (κ3) is 4.92. The molecule has 0 aliphatic heterocycles. The van der Waals surface area contributed by atoms with Crippen molar-refractivity contribution >= 4 is 27.6 Å². The molecule has 0 spiro atoms. The van der Waals surface area contributed by atoms with E-state index < -0.39 is 5.63 Å². The number of carbonyl (C=O) groups excluding carboxylic acids is 1. The zero-order valence-corrected chi connectivity index (χ0v) is 17.6. The topological polar surface area (TPSA) is 59.3 Å². The van der Waals surface area contributed by atoms with Crippen LogP contribution in [0, 0.1) is 0 Å². The van der Waals surface area contributed by atoms with E-state index in [-0.39, 0.29) is 17.5 Å². The molecule has 4 rings (SSSR count). The SMILES string of the molecule is O=C(NC1CCCCCCCCCCC1)c1cc2c(ccc3ccccc32)oc1=O. The molecule has 0 saturated heterocycles. The summed E-state index contributed by atoms with van der Waals surface area (Å²) in [6.45, 7) is 0. The minimum Gasteiger partial charge on any atom is -0.422 e. The number of amides is 1. The second-order valence-corrected chi connectivity index (χ2v) is 8.58. The number of fused-ring (bicyclic) bond motifs is 3. The van der Waals surface area contributed by atoms with Crippen LogP contribution in [-0.2, 0) is 0 Å². The fourth-order valence-corrected chi connectivity index (χ4v) is 4.60. The van der Waals surface area contributed by atoms with Crippen LogP contribution in [0.2, 0.25) is 0 Å². The van der Waals surface area contributed by atoms with Gasteiger partial charge < -0.3 is 9.73 Å². The first kappa shape index (κ1) is 20.6. The molecule has 1 fully saturated rings. The minimum atomic E-state index is -0.566. The van der Waals surface area contributed by atoms with Gasteiger partial charge in [-0.05, 0) is 35.7 Å². The Bertz CT molecular complexity index is 1060. The molecule has 0 unspecified atom stereocenters. The molecule has 4 heteroatoms. The number of carbonyl (C=O) groups is 1. The standard InChI is InChI=1S/C26H31NO3/c28-25(27-20-13-8-6-4-2-1-3-5-7-9-14-20)23-18-22-21-15-11-10-12-19(21)16-17-24(22)30-26(23)29/h10-12,15-18,20H,1-9,13-14H2,(H,27,28). The molecule has 1 aliphatic rings. The van der Waals surface area contributed by atoms with Crippen molar-refractivity contribution in [1.82, 2.24) is 5.32 Å². The molecule has 30 heavy (non-hydrogen) atoms. The maximum atomic E-state index is 13.0. The van der Waals surface area contributed by atoms with E-state index in [1.54, 1.807) is 12.1 Å². The lowest BCUT2D eigenvalue weighted by Gasteiger charge is -2.19. The molecule has 0 atom stereocenters. The van der Waals surface area contributed by atoms with Gasteiger partial charge in [-0.1, -0.05) is 88.1 Å². The molecule has 1 aromatic heterocycles. The van der Waals surface area contributed by atoms with Crippen molar-refractivity contribution in [2.45, 2.75) is 76.7 Å². The highest BCUT2D eigenvalue weighted by atomic mass is 16.4. The summed E-state index contributed by atoms with van der Waals surface area (Å²) in [4.78, 5) is 25.5. The summed E-state index contributed by atoms with van der Waals surface area (Å²) in [6.07, 6.45) is 13.2. The molecule has 1 amide bonds. The normalized spacial score (nSPS) is 17.3. The van der Waals surface area contributed by atoms with Crippen molar-refractivity contribution in [3.8, 4) is 0 Å². The molecule has 1 N–H and O–H groups in total. The molecule has 1 saturated carbocycles. The Morgan fingerprint density at radius 3 is 2.13 bits per heavy atom. The molecule has 0 radical (unpaired) electrons. The summed E-state index contributed by atoms with van der Waals surface area (Å²) in [5, 5.41) is 5.99. The maximum Gasteiger partial charge on any atom is 0.349 e. The fourth-order valence-electron chi connectivity index (χ4n) is 4.60. The van der Waals surface area contributed by atoms with Gasteiger partial charge in [0.2, 0.25) is 0 Å². The number of rotatable bonds is 2. The smallest absolute Gasteiger partial charge is 0.349 e. The van der Waals surface area contributed by atoms with Gasteiger partial charge in [-0.25, -0.2) is 4.79 Å². The van der Waals surface area contributed by atoms with Crippen LogP contribution in [-0.4, -0.2) is 11.9 Å². The monoisotopic (exact) mass is 405 g/mol. The van der Waals surface area contributed by atoms with Crippen LogP contribution in [0.3, 0.4) is 0 Å². The first-order valence-corrected chi connectivity index (χ1v) is 11.5. The van der Waals surface area contributed by atoms with Gasteiger partial charge in [-0.15, -0.1) is 0 Å². The number of hydrogen-bond donors (Lipinski definition) is 1. The van der Waals surface area contributed by atoms with Gasteiger partial charge in [0.05, 0.1) is 0 Å². The van der Waals surface area contributed by atoms with Gasteiger partial charge in [0.1, 0.15) is 11.1 Å². The highest BCUT2D eigenvalue weighted by Gasteiger charge is 2.19. The Morgan fingerprint density at radius 2 is 1.43 bits per heavy atom. The van der Waals surface area contributed by atoms with Crippen LogP contribution in [0.1, 0.15) is 81.0 Å². The second-order valence-electron chi connectivity index (χ2n) is 8.58. The van der Waals surface area contributed by atoms with Crippen molar-refractivity contribution in [2.75, 3.05) is 0 Å². The predicted octanol–water partition coefficient (Wildman–Crippen LogP) is 6.35. The van der Waals surface area contributed by atoms with Crippen molar-refractivity contribution < 1.29 is 9.21 Å². The minimum absolute atomic E-state index is 0.102. The lowest BCUT2D eigenvalue weighted by molar-refractivity contribution is 0.0928. The van der Waals surface area contributed by atoms with E-state index in [0.29, 0.717) is 5.58 Å². The van der Waals surface area contributed by atoms with Crippen LogP contribution in [0.5, 0.6) is 0 Å². The fraction of sp³-hybridized carbons (Fsp3) is 0.462. The highest BCUT2D eigenvalue weighted by Crippen LogP contribution is 2.25. The van der Waals surface area contributed by atoms with E-state index in [1.807, 2.05) is 30.3 Å². The summed E-state index contributed by atoms with van der Waals surface area (Å²) < 4.78 is 5.51. The lowest BCUT2D eigenvalue weighted by atomic mass is 9.97. The third-order valence-electron chi connectivity index (χ3n) is 6.33. The van der Waals surface area contributed by atoms with Crippen LogP contribution in [0.4, 0.5) is 0 Å². The summed E-state index contributed by atoms with van der Waals surface area (Å²) >= 11 is 0. The summed E-state index contributed by atoms with van der Waals surface area (Å²) in [7, 11) is 0. The first-order chi connectivity index (χ1) is 14.7. The molecular formula is C26H31NO3. The Kier molecular flexibility index (Phi) is 6.83.